The predicted molar refractivity (Wildman–Crippen MR) is 137 cm³/mol. The Kier molecular flexibility index (Phi) is 8.40. The SMILES string of the molecule is Cc1cccc(C=NNc2cc(N3CCOCC3)nc(CCOC(=O)Nc3ccc(C#N)cc3)n2)c1. The largest absolute Gasteiger partial charge is 0.449 e. The van der Waals surface area contributed by atoms with Gasteiger partial charge in [0.2, 0.25) is 0 Å². The van der Waals surface area contributed by atoms with Crippen LogP contribution in [0.25, 0.3) is 0 Å². The van der Waals surface area contributed by atoms with Crippen molar-refractivity contribution in [2.45, 2.75) is 13.3 Å². The first-order valence-corrected chi connectivity index (χ1v) is 11.6. The van der Waals surface area contributed by atoms with Gasteiger partial charge in [-0.05, 0) is 36.8 Å². The summed E-state index contributed by atoms with van der Waals surface area (Å²) in [6.07, 6.45) is 1.47. The quantitative estimate of drug-likeness (QED) is 0.365. The van der Waals surface area contributed by atoms with Crippen LogP contribution in [0.2, 0.25) is 0 Å². The summed E-state index contributed by atoms with van der Waals surface area (Å²) < 4.78 is 10.8. The molecule has 1 aliphatic rings. The van der Waals surface area contributed by atoms with Gasteiger partial charge in [0, 0.05) is 31.3 Å². The number of hydrogen-bond acceptors (Lipinski definition) is 9. The number of morpholine rings is 1. The molecule has 3 aromatic rings. The molecule has 36 heavy (non-hydrogen) atoms. The monoisotopic (exact) mass is 485 g/mol. The van der Waals surface area contributed by atoms with Crippen LogP contribution in [0.15, 0.2) is 59.7 Å². The van der Waals surface area contributed by atoms with Gasteiger partial charge < -0.3 is 14.4 Å². The first kappa shape index (κ1) is 24.6. The second kappa shape index (κ2) is 12.3. The van der Waals surface area contributed by atoms with Crippen molar-refractivity contribution < 1.29 is 14.3 Å². The van der Waals surface area contributed by atoms with Crippen LogP contribution in [-0.4, -0.2) is 55.2 Å². The van der Waals surface area contributed by atoms with Crippen LogP contribution in [0.4, 0.5) is 22.1 Å². The minimum atomic E-state index is -0.592. The number of carbonyl (C=O) groups excluding carboxylic acids is 1. The predicted octanol–water partition coefficient (Wildman–Crippen LogP) is 3.73. The van der Waals surface area contributed by atoms with Crippen molar-refractivity contribution in [3.05, 3.63) is 77.1 Å². The van der Waals surface area contributed by atoms with E-state index in [9.17, 15) is 4.79 Å². The number of aromatic nitrogens is 2. The zero-order valence-electron chi connectivity index (χ0n) is 20.0. The average Bonchev–Trinajstić information content (AvgIpc) is 2.90. The highest BCUT2D eigenvalue weighted by Gasteiger charge is 2.15. The van der Waals surface area contributed by atoms with Crippen molar-refractivity contribution >= 4 is 29.6 Å². The van der Waals surface area contributed by atoms with Crippen molar-refractivity contribution in [2.75, 3.05) is 48.6 Å². The lowest BCUT2D eigenvalue weighted by Gasteiger charge is -2.28. The van der Waals surface area contributed by atoms with Crippen molar-refractivity contribution in [3.8, 4) is 6.07 Å². The number of aryl methyl sites for hydroxylation is 1. The van der Waals surface area contributed by atoms with E-state index in [1.807, 2.05) is 43.3 Å². The van der Waals surface area contributed by atoms with Crippen molar-refractivity contribution in [1.29, 1.82) is 5.26 Å². The second-order valence-electron chi connectivity index (χ2n) is 8.11. The summed E-state index contributed by atoms with van der Waals surface area (Å²) in [5, 5.41) is 15.8. The molecule has 4 rings (SSSR count). The lowest BCUT2D eigenvalue weighted by atomic mass is 10.2. The maximum Gasteiger partial charge on any atom is 0.411 e. The zero-order valence-corrected chi connectivity index (χ0v) is 20.0. The Morgan fingerprint density at radius 2 is 2.00 bits per heavy atom. The minimum absolute atomic E-state index is 0.0979. The number of nitrogens with one attached hydrogen (secondary N) is 2. The molecule has 10 nitrogen and oxygen atoms in total. The number of nitriles is 1. The Hall–Kier alpha value is -4.49. The van der Waals surface area contributed by atoms with Crippen LogP contribution in [-0.2, 0) is 15.9 Å². The van der Waals surface area contributed by atoms with Gasteiger partial charge in [-0.15, -0.1) is 0 Å². The molecule has 0 bridgehead atoms. The molecule has 2 aromatic carbocycles. The molecule has 0 atom stereocenters. The molecule has 1 aliphatic heterocycles. The molecule has 0 aliphatic carbocycles. The standard InChI is InChI=1S/C26H27N7O3/c1-19-3-2-4-21(15-19)18-28-32-24-16-25(33-10-13-35-14-11-33)31-23(30-24)9-12-36-26(34)29-22-7-5-20(17-27)6-8-22/h2-8,15-16,18H,9-14H2,1H3,(H,29,34)(H,30,31,32). The fourth-order valence-corrected chi connectivity index (χ4v) is 3.55. The summed E-state index contributed by atoms with van der Waals surface area (Å²) in [6, 6.07) is 18.4. The van der Waals surface area contributed by atoms with Gasteiger partial charge >= 0.3 is 6.09 Å². The highest BCUT2D eigenvalue weighted by Crippen LogP contribution is 2.18. The van der Waals surface area contributed by atoms with Crippen molar-refractivity contribution in [3.63, 3.8) is 0 Å². The molecule has 2 N–H and O–H groups in total. The molecular formula is C26H27N7O3. The third kappa shape index (κ3) is 7.25. The van der Waals surface area contributed by atoms with Crippen LogP contribution < -0.4 is 15.6 Å². The lowest BCUT2D eigenvalue weighted by molar-refractivity contribution is 0.122. The van der Waals surface area contributed by atoms with Crippen LogP contribution in [0.3, 0.4) is 0 Å². The van der Waals surface area contributed by atoms with Crippen molar-refractivity contribution in [1.82, 2.24) is 9.97 Å². The number of hydrogen-bond donors (Lipinski definition) is 2. The maximum atomic E-state index is 12.1. The second-order valence-corrected chi connectivity index (χ2v) is 8.11. The summed E-state index contributed by atoms with van der Waals surface area (Å²) in [4.78, 5) is 23.5. The molecule has 10 heteroatoms. The first-order chi connectivity index (χ1) is 17.6. The first-order valence-electron chi connectivity index (χ1n) is 11.6. The lowest BCUT2D eigenvalue weighted by Crippen LogP contribution is -2.37. The summed E-state index contributed by atoms with van der Waals surface area (Å²) >= 11 is 0. The molecule has 1 fully saturated rings. The molecule has 0 saturated carbocycles. The van der Waals surface area contributed by atoms with E-state index >= 15 is 0 Å². The molecule has 2 heterocycles. The summed E-state index contributed by atoms with van der Waals surface area (Å²) in [7, 11) is 0. The number of ether oxygens (including phenoxy) is 2. The van der Waals surface area contributed by atoms with Crippen LogP contribution in [0, 0.1) is 18.3 Å². The number of amides is 1. The molecule has 1 amide bonds. The van der Waals surface area contributed by atoms with E-state index in [0.717, 1.165) is 30.0 Å². The normalized spacial score (nSPS) is 13.3. The highest BCUT2D eigenvalue weighted by atomic mass is 16.5. The molecule has 0 spiro atoms. The van der Waals surface area contributed by atoms with Crippen LogP contribution in [0.5, 0.6) is 0 Å². The average molecular weight is 486 g/mol. The van der Waals surface area contributed by atoms with E-state index in [2.05, 4.69) is 30.7 Å². The minimum Gasteiger partial charge on any atom is -0.449 e. The highest BCUT2D eigenvalue weighted by molar-refractivity contribution is 5.84. The molecular weight excluding hydrogens is 458 g/mol. The third-order valence-electron chi connectivity index (χ3n) is 5.35. The van der Waals surface area contributed by atoms with E-state index in [-0.39, 0.29) is 6.61 Å². The molecule has 1 aromatic heterocycles. The molecule has 184 valence electrons. The Morgan fingerprint density at radius 1 is 1.19 bits per heavy atom. The van der Waals surface area contributed by atoms with Gasteiger partial charge in [0.05, 0.1) is 31.1 Å². The van der Waals surface area contributed by atoms with Gasteiger partial charge in [-0.1, -0.05) is 29.8 Å². The molecule has 1 saturated heterocycles. The van der Waals surface area contributed by atoms with Gasteiger partial charge in [-0.25, -0.2) is 14.8 Å². The number of nitrogens with zero attached hydrogens (tertiary/aromatic N) is 5. The zero-order chi connectivity index (χ0) is 25.2. The fraction of sp³-hybridized carbons (Fsp3) is 0.269. The number of anilines is 3. The van der Waals surface area contributed by atoms with E-state index in [1.54, 1.807) is 30.5 Å². The summed E-state index contributed by atoms with van der Waals surface area (Å²) in [5.74, 6) is 1.84. The Labute approximate surface area is 209 Å². The number of carbonyl (C=O) groups is 1. The van der Waals surface area contributed by atoms with Gasteiger partial charge in [0.25, 0.3) is 0 Å². The van der Waals surface area contributed by atoms with Gasteiger partial charge in [0.15, 0.2) is 5.82 Å². The van der Waals surface area contributed by atoms with Gasteiger partial charge in [0.1, 0.15) is 18.2 Å². The van der Waals surface area contributed by atoms with E-state index < -0.39 is 6.09 Å². The Morgan fingerprint density at radius 3 is 2.75 bits per heavy atom. The molecule has 0 unspecified atom stereocenters. The number of hydrazone groups is 1. The van der Waals surface area contributed by atoms with Crippen LogP contribution in [0.1, 0.15) is 22.5 Å². The van der Waals surface area contributed by atoms with E-state index in [0.29, 0.717) is 42.5 Å². The molecule has 0 radical (unpaired) electrons. The smallest absolute Gasteiger partial charge is 0.411 e. The van der Waals surface area contributed by atoms with Gasteiger partial charge in [-0.2, -0.15) is 10.4 Å². The van der Waals surface area contributed by atoms with Gasteiger partial charge in [-0.3, -0.25) is 10.7 Å². The third-order valence-corrected chi connectivity index (χ3v) is 5.35. The number of rotatable bonds is 8. The summed E-state index contributed by atoms with van der Waals surface area (Å²) in [5.41, 5.74) is 6.18. The van der Waals surface area contributed by atoms with E-state index in [1.165, 1.54) is 0 Å². The Bertz CT molecular complexity index is 1250. The topological polar surface area (TPSA) is 125 Å². The summed E-state index contributed by atoms with van der Waals surface area (Å²) in [6.45, 7) is 4.85. The van der Waals surface area contributed by atoms with Crippen molar-refractivity contribution in [2.24, 2.45) is 5.10 Å². The van der Waals surface area contributed by atoms with E-state index in [4.69, 9.17) is 14.7 Å². The number of benzene rings is 2. The Balaban J connectivity index is 1.39. The maximum absolute atomic E-state index is 12.1. The fourth-order valence-electron chi connectivity index (χ4n) is 3.55. The van der Waals surface area contributed by atoms with Crippen LogP contribution >= 0.6 is 0 Å².